The molecule has 0 fully saturated rings. The Bertz CT molecular complexity index is 925. The van der Waals surface area contributed by atoms with Crippen LogP contribution in [-0.2, 0) is 11.4 Å². The molecule has 0 unspecified atom stereocenters. The molecule has 7 nitrogen and oxygen atoms in total. The molecule has 4 rings (SSSR count). The summed E-state index contributed by atoms with van der Waals surface area (Å²) in [5, 5.41) is 1.36. The first-order valence-electron chi connectivity index (χ1n) is 7.95. The Morgan fingerprint density at radius 3 is 2.65 bits per heavy atom. The summed E-state index contributed by atoms with van der Waals surface area (Å²) in [5.74, 6) is 0.549. The van der Waals surface area contributed by atoms with E-state index in [9.17, 15) is 4.39 Å². The van der Waals surface area contributed by atoms with Crippen LogP contribution in [0.25, 0.3) is 5.69 Å². The molecule has 8 heteroatoms. The van der Waals surface area contributed by atoms with Crippen LogP contribution in [0.4, 0.5) is 10.2 Å². The van der Waals surface area contributed by atoms with Crippen molar-refractivity contribution >= 4 is 11.8 Å². The fourth-order valence-corrected chi connectivity index (χ4v) is 2.55. The number of amidine groups is 1. The van der Waals surface area contributed by atoms with Gasteiger partial charge in [0.15, 0.2) is 0 Å². The number of aromatic nitrogens is 2. The van der Waals surface area contributed by atoms with Crippen molar-refractivity contribution in [1.29, 1.82) is 0 Å². The number of nitrogens with zero attached hydrogens (tertiary/aromatic N) is 4. The molecule has 0 amide bonds. The molecule has 0 saturated carbocycles. The number of halogens is 1. The molecular formula is C18H16FN5O2. The van der Waals surface area contributed by atoms with Gasteiger partial charge >= 0.3 is 6.02 Å². The van der Waals surface area contributed by atoms with E-state index in [4.69, 9.17) is 9.57 Å². The summed E-state index contributed by atoms with van der Waals surface area (Å²) in [5.41, 5.74) is 4.66. The maximum absolute atomic E-state index is 13.2. The van der Waals surface area contributed by atoms with Gasteiger partial charge in [-0.3, -0.25) is 9.40 Å². The van der Waals surface area contributed by atoms with Gasteiger partial charge in [0.05, 0.1) is 19.3 Å². The Morgan fingerprint density at radius 1 is 1.15 bits per heavy atom. The standard InChI is InChI=1S/C18H16FN5O2/c1-25-24-16-17(23(12-21-16)15-9-7-14(19)8-10-15)26-18(22-24)20-11-13-5-3-2-4-6-13/h2-10,12H,11H2,1H3,(H,20,22). The van der Waals surface area contributed by atoms with Crippen LogP contribution in [0.2, 0.25) is 0 Å². The van der Waals surface area contributed by atoms with E-state index in [1.54, 1.807) is 23.0 Å². The summed E-state index contributed by atoms with van der Waals surface area (Å²) in [7, 11) is 1.51. The van der Waals surface area contributed by atoms with Gasteiger partial charge in [-0.15, -0.1) is 5.17 Å². The van der Waals surface area contributed by atoms with Crippen molar-refractivity contribution in [3.8, 4) is 11.6 Å². The molecule has 0 aliphatic carbocycles. The summed E-state index contributed by atoms with van der Waals surface area (Å²) < 4.78 is 20.8. The number of rotatable bonds is 4. The average molecular weight is 353 g/mol. The highest BCUT2D eigenvalue weighted by Crippen LogP contribution is 2.31. The second-order valence-electron chi connectivity index (χ2n) is 5.52. The predicted octanol–water partition coefficient (Wildman–Crippen LogP) is 2.83. The first-order chi connectivity index (χ1) is 12.7. The van der Waals surface area contributed by atoms with Crippen LogP contribution in [-0.4, -0.2) is 22.7 Å². The maximum Gasteiger partial charge on any atom is 0.313 e. The third kappa shape index (κ3) is 3.09. The van der Waals surface area contributed by atoms with Crippen molar-refractivity contribution in [2.45, 2.75) is 6.54 Å². The quantitative estimate of drug-likeness (QED) is 0.781. The summed E-state index contributed by atoms with van der Waals surface area (Å²) in [6.45, 7) is 0.445. The minimum atomic E-state index is -0.311. The van der Waals surface area contributed by atoms with Gasteiger partial charge in [-0.2, -0.15) is 0 Å². The minimum absolute atomic E-state index is 0.270. The molecule has 132 valence electrons. The molecular weight excluding hydrogens is 337 g/mol. The van der Waals surface area contributed by atoms with E-state index in [1.165, 1.54) is 24.4 Å². The van der Waals surface area contributed by atoms with Crippen molar-refractivity contribution in [3.05, 3.63) is 72.3 Å². The highest BCUT2D eigenvalue weighted by Gasteiger charge is 2.28. The van der Waals surface area contributed by atoms with Crippen LogP contribution < -0.4 is 15.3 Å². The Balaban J connectivity index is 1.65. The first-order valence-corrected chi connectivity index (χ1v) is 7.95. The minimum Gasteiger partial charge on any atom is -0.403 e. The number of benzene rings is 2. The van der Waals surface area contributed by atoms with Crippen LogP contribution in [0.5, 0.6) is 5.88 Å². The smallest absolute Gasteiger partial charge is 0.313 e. The van der Waals surface area contributed by atoms with Crippen LogP contribution in [0.15, 0.2) is 65.9 Å². The van der Waals surface area contributed by atoms with Gasteiger partial charge in [0.25, 0.3) is 5.88 Å². The third-order valence-corrected chi connectivity index (χ3v) is 3.82. The topological polar surface area (TPSA) is 63.9 Å². The summed E-state index contributed by atoms with van der Waals surface area (Å²) in [6.07, 6.45) is 1.58. The highest BCUT2D eigenvalue weighted by molar-refractivity contribution is 5.81. The van der Waals surface area contributed by atoms with E-state index >= 15 is 0 Å². The number of hydrogen-bond donors (Lipinski definition) is 1. The molecule has 0 spiro atoms. The molecule has 0 radical (unpaired) electrons. The van der Waals surface area contributed by atoms with E-state index in [1.807, 2.05) is 30.3 Å². The van der Waals surface area contributed by atoms with Gasteiger partial charge in [-0.05, 0) is 29.8 Å². The largest absolute Gasteiger partial charge is 0.403 e. The SMILES string of the molecule is CON1NC(=NCc2ccccc2)Oc2c1ncn2-c1ccc(F)cc1. The fourth-order valence-electron chi connectivity index (χ4n) is 2.55. The molecule has 26 heavy (non-hydrogen) atoms. The van der Waals surface area contributed by atoms with Crippen LogP contribution >= 0.6 is 0 Å². The van der Waals surface area contributed by atoms with Crippen molar-refractivity contribution in [3.63, 3.8) is 0 Å². The van der Waals surface area contributed by atoms with E-state index in [0.717, 1.165) is 5.56 Å². The van der Waals surface area contributed by atoms with Crippen LogP contribution in [0, 0.1) is 5.82 Å². The maximum atomic E-state index is 13.2. The number of hydrogen-bond acceptors (Lipinski definition) is 5. The molecule has 0 atom stereocenters. The Labute approximate surface area is 149 Å². The summed E-state index contributed by atoms with van der Waals surface area (Å²) in [4.78, 5) is 14.0. The monoisotopic (exact) mass is 353 g/mol. The zero-order chi connectivity index (χ0) is 17.9. The summed E-state index contributed by atoms with van der Waals surface area (Å²) >= 11 is 0. The zero-order valence-corrected chi connectivity index (χ0v) is 14.0. The number of aliphatic imine (C=N–C) groups is 1. The lowest BCUT2D eigenvalue weighted by molar-refractivity contribution is 0.137. The molecule has 3 aromatic rings. The van der Waals surface area contributed by atoms with E-state index in [0.29, 0.717) is 23.9 Å². The zero-order valence-electron chi connectivity index (χ0n) is 14.0. The van der Waals surface area contributed by atoms with Crippen molar-refractivity contribution in [2.24, 2.45) is 4.99 Å². The molecule has 1 aliphatic rings. The van der Waals surface area contributed by atoms with E-state index in [2.05, 4.69) is 15.4 Å². The third-order valence-electron chi connectivity index (χ3n) is 3.82. The Hall–Kier alpha value is -3.39. The number of hydrazine groups is 1. The van der Waals surface area contributed by atoms with Crippen molar-refractivity contribution < 1.29 is 14.0 Å². The molecule has 1 aliphatic heterocycles. The molecule has 2 heterocycles. The Kier molecular flexibility index (Phi) is 4.24. The van der Waals surface area contributed by atoms with Crippen LogP contribution in [0.3, 0.4) is 0 Å². The fraction of sp³-hybridized carbons (Fsp3) is 0.111. The van der Waals surface area contributed by atoms with Crippen molar-refractivity contribution in [1.82, 2.24) is 15.0 Å². The lowest BCUT2D eigenvalue weighted by Crippen LogP contribution is -2.48. The average Bonchev–Trinajstić information content (AvgIpc) is 3.11. The van der Waals surface area contributed by atoms with Crippen molar-refractivity contribution in [2.75, 3.05) is 12.3 Å². The molecule has 1 N–H and O–H groups in total. The first kappa shape index (κ1) is 16.1. The molecule has 2 aromatic carbocycles. The number of fused-ring (bicyclic) bond motifs is 1. The summed E-state index contributed by atoms with van der Waals surface area (Å²) in [6, 6.07) is 16.1. The van der Waals surface area contributed by atoms with E-state index in [-0.39, 0.29) is 11.8 Å². The number of nitrogens with one attached hydrogen (secondary N) is 1. The lowest BCUT2D eigenvalue weighted by Gasteiger charge is -2.27. The molecule has 0 bridgehead atoms. The lowest BCUT2D eigenvalue weighted by atomic mass is 10.2. The van der Waals surface area contributed by atoms with Gasteiger partial charge in [0, 0.05) is 0 Å². The van der Waals surface area contributed by atoms with Gasteiger partial charge in [-0.25, -0.2) is 19.8 Å². The molecule has 0 saturated heterocycles. The number of anilines is 1. The van der Waals surface area contributed by atoms with Gasteiger partial charge < -0.3 is 4.74 Å². The van der Waals surface area contributed by atoms with Gasteiger partial charge in [-0.1, -0.05) is 30.3 Å². The second kappa shape index (κ2) is 6.85. The van der Waals surface area contributed by atoms with Crippen LogP contribution in [0.1, 0.15) is 5.56 Å². The van der Waals surface area contributed by atoms with E-state index < -0.39 is 0 Å². The Morgan fingerprint density at radius 2 is 1.92 bits per heavy atom. The van der Waals surface area contributed by atoms with Gasteiger partial charge in [0.1, 0.15) is 12.1 Å². The second-order valence-corrected chi connectivity index (χ2v) is 5.52. The predicted molar refractivity (Wildman–Crippen MR) is 94.4 cm³/mol. The number of ether oxygens (including phenoxy) is 1. The highest BCUT2D eigenvalue weighted by atomic mass is 19.1. The number of imidazole rings is 1. The van der Waals surface area contributed by atoms with Gasteiger partial charge in [0.2, 0.25) is 5.82 Å². The molecule has 1 aromatic heterocycles. The normalized spacial score (nSPS) is 14.7.